The monoisotopic (exact) mass is 200 g/mol. The molecule has 0 nitrogen and oxygen atoms in total. The molecule has 0 saturated heterocycles. The summed E-state index contributed by atoms with van der Waals surface area (Å²) in [7, 11) is 0. The molecule has 3 rings (SSSR count). The number of hydrogen-bond acceptors (Lipinski definition) is 0. The lowest BCUT2D eigenvalue weighted by Gasteiger charge is -1.99. The van der Waals surface area contributed by atoms with E-state index in [0.717, 1.165) is 5.02 Å². The maximum Gasteiger partial charge on any atom is 0.0406 e. The zero-order valence-corrected chi connectivity index (χ0v) is 8.38. The average Bonchev–Trinajstić information content (AvgIpc) is 2.96. The van der Waals surface area contributed by atoms with Gasteiger partial charge in [-0.1, -0.05) is 41.9 Å². The fraction of sp³-hybridized carbons (Fsp3) is 0.0769. The van der Waals surface area contributed by atoms with E-state index >= 15 is 0 Å². The molecular weight excluding hydrogens is 192 g/mol. The molecule has 1 aliphatic rings. The number of fused-ring (bicyclic) bond motifs is 1. The van der Waals surface area contributed by atoms with Crippen LogP contribution in [0.3, 0.4) is 0 Å². The van der Waals surface area contributed by atoms with Crippen LogP contribution < -0.4 is 0 Å². The molecule has 0 fully saturated rings. The van der Waals surface area contributed by atoms with Crippen LogP contribution >= 0.6 is 11.6 Å². The Balaban J connectivity index is 2.07. The molecule has 0 spiro atoms. The van der Waals surface area contributed by atoms with Crippen LogP contribution in [0.5, 0.6) is 0 Å². The van der Waals surface area contributed by atoms with Crippen LogP contribution in [0.15, 0.2) is 42.5 Å². The smallest absolute Gasteiger partial charge is 0.0406 e. The van der Waals surface area contributed by atoms with Gasteiger partial charge in [0.25, 0.3) is 0 Å². The molecule has 0 amide bonds. The third-order valence-corrected chi connectivity index (χ3v) is 2.89. The Labute approximate surface area is 88.2 Å². The van der Waals surface area contributed by atoms with Crippen molar-refractivity contribution in [3.05, 3.63) is 58.6 Å². The first-order valence-electron chi connectivity index (χ1n) is 4.71. The Morgan fingerprint density at radius 2 is 1.50 bits per heavy atom. The van der Waals surface area contributed by atoms with Gasteiger partial charge in [-0.15, -0.1) is 0 Å². The highest BCUT2D eigenvalue weighted by Crippen LogP contribution is 2.32. The minimum atomic E-state index is 0.792. The zero-order valence-electron chi connectivity index (χ0n) is 7.63. The van der Waals surface area contributed by atoms with Gasteiger partial charge in [0, 0.05) is 5.02 Å². The molecule has 68 valence electrons. The summed E-state index contributed by atoms with van der Waals surface area (Å²) in [5.74, 6) is 0. The Kier molecular flexibility index (Phi) is 1.65. The van der Waals surface area contributed by atoms with E-state index in [4.69, 9.17) is 11.6 Å². The van der Waals surface area contributed by atoms with Gasteiger partial charge in [0.15, 0.2) is 0 Å². The molecule has 0 N–H and O–H groups in total. The molecule has 0 radical (unpaired) electrons. The maximum absolute atomic E-state index is 5.84. The summed E-state index contributed by atoms with van der Waals surface area (Å²) in [5, 5.41) is 0.792. The average molecular weight is 201 g/mol. The Morgan fingerprint density at radius 1 is 0.786 bits per heavy atom. The summed E-state index contributed by atoms with van der Waals surface area (Å²) in [6.45, 7) is 0. The van der Waals surface area contributed by atoms with Crippen molar-refractivity contribution in [2.24, 2.45) is 0 Å². The van der Waals surface area contributed by atoms with E-state index in [1.165, 1.54) is 28.7 Å². The molecule has 0 heterocycles. The van der Waals surface area contributed by atoms with Gasteiger partial charge in [0.1, 0.15) is 0 Å². The Hall–Kier alpha value is -1.27. The van der Waals surface area contributed by atoms with Crippen LogP contribution in [0, 0.1) is 0 Å². The molecule has 0 saturated carbocycles. The van der Waals surface area contributed by atoms with Gasteiger partial charge in [0.05, 0.1) is 0 Å². The molecule has 2 aromatic rings. The highest BCUT2D eigenvalue weighted by atomic mass is 35.5. The standard InChI is InChI=1S/C13H9Cl/c14-13-5-3-9(4-6-13)10-1-2-11-8-12(11)7-10/h1-7H,8H2. The minimum absolute atomic E-state index is 0.792. The molecule has 14 heavy (non-hydrogen) atoms. The van der Waals surface area contributed by atoms with Crippen molar-refractivity contribution in [3.8, 4) is 11.1 Å². The number of halogens is 1. The van der Waals surface area contributed by atoms with Gasteiger partial charge >= 0.3 is 0 Å². The molecule has 0 bridgehead atoms. The summed E-state index contributed by atoms with van der Waals surface area (Å²) in [6.07, 6.45) is 1.17. The Bertz CT molecular complexity index is 483. The topological polar surface area (TPSA) is 0 Å². The van der Waals surface area contributed by atoms with Crippen molar-refractivity contribution in [1.82, 2.24) is 0 Å². The van der Waals surface area contributed by atoms with Crippen LogP contribution in [-0.2, 0) is 6.42 Å². The van der Waals surface area contributed by atoms with Crippen molar-refractivity contribution in [2.75, 3.05) is 0 Å². The van der Waals surface area contributed by atoms with Crippen LogP contribution in [0.4, 0.5) is 0 Å². The third kappa shape index (κ3) is 1.32. The number of benzene rings is 2. The molecular formula is C13H9Cl. The summed E-state index contributed by atoms with van der Waals surface area (Å²) in [5.41, 5.74) is 5.50. The molecule has 0 atom stereocenters. The van der Waals surface area contributed by atoms with Gasteiger partial charge in [0.2, 0.25) is 0 Å². The molecule has 0 unspecified atom stereocenters. The first kappa shape index (κ1) is 8.07. The van der Waals surface area contributed by atoms with Gasteiger partial charge < -0.3 is 0 Å². The van der Waals surface area contributed by atoms with E-state index in [0.29, 0.717) is 0 Å². The summed E-state index contributed by atoms with van der Waals surface area (Å²) in [4.78, 5) is 0. The zero-order chi connectivity index (χ0) is 9.54. The van der Waals surface area contributed by atoms with Crippen molar-refractivity contribution in [3.63, 3.8) is 0 Å². The molecule has 2 aromatic carbocycles. The number of hydrogen-bond donors (Lipinski definition) is 0. The second-order valence-electron chi connectivity index (χ2n) is 3.67. The third-order valence-electron chi connectivity index (χ3n) is 2.64. The quantitative estimate of drug-likeness (QED) is 0.559. The molecule has 1 aliphatic carbocycles. The van der Waals surface area contributed by atoms with Crippen molar-refractivity contribution >= 4 is 11.6 Å². The second kappa shape index (κ2) is 2.86. The van der Waals surface area contributed by atoms with E-state index in [1.54, 1.807) is 0 Å². The first-order chi connectivity index (χ1) is 6.83. The largest absolute Gasteiger partial charge is 0.0843 e. The summed E-state index contributed by atoms with van der Waals surface area (Å²) in [6, 6.07) is 14.6. The normalized spacial score (nSPS) is 12.4. The van der Waals surface area contributed by atoms with Crippen molar-refractivity contribution in [2.45, 2.75) is 6.42 Å². The minimum Gasteiger partial charge on any atom is -0.0843 e. The van der Waals surface area contributed by atoms with Gasteiger partial charge in [-0.3, -0.25) is 0 Å². The fourth-order valence-electron chi connectivity index (χ4n) is 1.72. The van der Waals surface area contributed by atoms with E-state index in [9.17, 15) is 0 Å². The van der Waals surface area contributed by atoms with Crippen molar-refractivity contribution in [1.29, 1.82) is 0 Å². The highest BCUT2D eigenvalue weighted by Gasteiger charge is 2.16. The lowest BCUT2D eigenvalue weighted by molar-refractivity contribution is 1.60. The van der Waals surface area contributed by atoms with E-state index in [1.807, 2.05) is 12.1 Å². The highest BCUT2D eigenvalue weighted by molar-refractivity contribution is 6.30. The van der Waals surface area contributed by atoms with Gasteiger partial charge in [-0.05, 0) is 40.8 Å². The van der Waals surface area contributed by atoms with Crippen molar-refractivity contribution < 1.29 is 0 Å². The summed E-state index contributed by atoms with van der Waals surface area (Å²) < 4.78 is 0. The van der Waals surface area contributed by atoms with E-state index in [-0.39, 0.29) is 0 Å². The molecule has 0 aromatic heterocycles. The fourth-order valence-corrected chi connectivity index (χ4v) is 1.84. The summed E-state index contributed by atoms with van der Waals surface area (Å²) >= 11 is 5.84. The lowest BCUT2D eigenvalue weighted by atomic mass is 10.1. The van der Waals surface area contributed by atoms with E-state index in [2.05, 4.69) is 30.3 Å². The van der Waals surface area contributed by atoms with Crippen LogP contribution in [0.1, 0.15) is 11.1 Å². The molecule has 1 heteroatoms. The van der Waals surface area contributed by atoms with E-state index < -0.39 is 0 Å². The predicted octanol–water partition coefficient (Wildman–Crippen LogP) is 3.91. The van der Waals surface area contributed by atoms with Gasteiger partial charge in [-0.25, -0.2) is 0 Å². The van der Waals surface area contributed by atoms with Crippen LogP contribution in [0.2, 0.25) is 5.02 Å². The first-order valence-corrected chi connectivity index (χ1v) is 5.08. The predicted molar refractivity (Wildman–Crippen MR) is 59.7 cm³/mol. The SMILES string of the molecule is Clc1ccc(-c2ccc3c(c2)C3)cc1. The lowest BCUT2D eigenvalue weighted by Crippen LogP contribution is -1.75. The van der Waals surface area contributed by atoms with Gasteiger partial charge in [-0.2, -0.15) is 0 Å². The van der Waals surface area contributed by atoms with Crippen LogP contribution in [0.25, 0.3) is 11.1 Å². The maximum atomic E-state index is 5.84. The van der Waals surface area contributed by atoms with Crippen LogP contribution in [-0.4, -0.2) is 0 Å². The Morgan fingerprint density at radius 3 is 2.21 bits per heavy atom. The second-order valence-corrected chi connectivity index (χ2v) is 4.10. The number of rotatable bonds is 1. The molecule has 0 aliphatic heterocycles.